The maximum Gasteiger partial charge on any atom is 0.198 e. The standard InChI is InChI=1S/C19H13ClO6/c1-7(21)11(8(2)22)12-15(20)19(26)14-13(18(12)25)16(23)9-5-3-4-6-10(9)17(14)24/h3-6,11,25-26H,1-2H3. The van der Waals surface area contributed by atoms with Crippen LogP contribution in [-0.4, -0.2) is 33.3 Å². The minimum absolute atomic E-state index is 0.0511. The first-order valence-electron chi connectivity index (χ1n) is 7.65. The molecule has 3 rings (SSSR count). The summed E-state index contributed by atoms with van der Waals surface area (Å²) < 4.78 is 0. The zero-order valence-corrected chi connectivity index (χ0v) is 14.5. The van der Waals surface area contributed by atoms with E-state index in [0.29, 0.717) is 0 Å². The van der Waals surface area contributed by atoms with Gasteiger partial charge in [0.1, 0.15) is 29.0 Å². The van der Waals surface area contributed by atoms with Gasteiger partial charge in [0.15, 0.2) is 11.6 Å². The summed E-state index contributed by atoms with van der Waals surface area (Å²) in [6.45, 7) is 2.25. The van der Waals surface area contributed by atoms with E-state index in [2.05, 4.69) is 0 Å². The van der Waals surface area contributed by atoms with E-state index in [1.54, 1.807) is 12.1 Å². The Hall–Kier alpha value is -2.99. The Morgan fingerprint density at radius 3 is 1.73 bits per heavy atom. The summed E-state index contributed by atoms with van der Waals surface area (Å²) in [5, 5.41) is 20.6. The van der Waals surface area contributed by atoms with Gasteiger partial charge in [0.2, 0.25) is 0 Å². The molecule has 7 heteroatoms. The predicted octanol–water partition coefficient (Wildman–Crippen LogP) is 2.79. The summed E-state index contributed by atoms with van der Waals surface area (Å²) in [5.41, 5.74) is -1.15. The van der Waals surface area contributed by atoms with Crippen molar-refractivity contribution in [1.82, 2.24) is 0 Å². The molecule has 0 aromatic heterocycles. The Labute approximate surface area is 153 Å². The topological polar surface area (TPSA) is 109 Å². The molecule has 26 heavy (non-hydrogen) atoms. The van der Waals surface area contributed by atoms with Crippen LogP contribution in [0, 0.1) is 0 Å². The van der Waals surface area contributed by atoms with Crippen LogP contribution in [0.1, 0.15) is 57.2 Å². The van der Waals surface area contributed by atoms with Gasteiger partial charge in [0.05, 0.1) is 16.1 Å². The number of Topliss-reactive ketones (excluding diaryl/α,β-unsaturated/α-hetero) is 2. The lowest BCUT2D eigenvalue weighted by Crippen LogP contribution is -2.24. The molecule has 132 valence electrons. The van der Waals surface area contributed by atoms with Crippen molar-refractivity contribution in [2.75, 3.05) is 0 Å². The highest BCUT2D eigenvalue weighted by Gasteiger charge is 2.40. The smallest absolute Gasteiger partial charge is 0.198 e. The summed E-state index contributed by atoms with van der Waals surface area (Å²) in [5.74, 6) is -5.57. The number of phenols is 2. The van der Waals surface area contributed by atoms with Crippen molar-refractivity contribution in [3.05, 3.63) is 57.1 Å². The normalized spacial score (nSPS) is 12.8. The van der Waals surface area contributed by atoms with E-state index in [4.69, 9.17) is 11.6 Å². The number of rotatable bonds is 3. The second-order valence-electron chi connectivity index (χ2n) is 6.03. The Morgan fingerprint density at radius 2 is 1.31 bits per heavy atom. The molecule has 0 radical (unpaired) electrons. The number of phenolic OH excluding ortho intramolecular Hbond substituents is 2. The molecule has 0 saturated carbocycles. The van der Waals surface area contributed by atoms with Gasteiger partial charge in [-0.05, 0) is 13.8 Å². The molecule has 0 bridgehead atoms. The Balaban J connectivity index is 2.42. The first-order valence-corrected chi connectivity index (χ1v) is 8.02. The number of hydrogen-bond acceptors (Lipinski definition) is 6. The Bertz CT molecular complexity index is 1010. The van der Waals surface area contributed by atoms with Crippen LogP contribution in [0.4, 0.5) is 0 Å². The first-order chi connectivity index (χ1) is 12.2. The second-order valence-corrected chi connectivity index (χ2v) is 6.41. The maximum atomic E-state index is 12.8. The molecular weight excluding hydrogens is 360 g/mol. The largest absolute Gasteiger partial charge is 0.507 e. The van der Waals surface area contributed by atoms with Crippen LogP contribution in [0.3, 0.4) is 0 Å². The quantitative estimate of drug-likeness (QED) is 0.540. The SMILES string of the molecule is CC(=O)C(C(C)=O)c1c(O)c2c(c(O)c1Cl)C(=O)c1ccccc1C2=O. The van der Waals surface area contributed by atoms with E-state index < -0.39 is 56.7 Å². The van der Waals surface area contributed by atoms with Crippen LogP contribution in [0.2, 0.25) is 5.02 Å². The van der Waals surface area contributed by atoms with E-state index in [-0.39, 0.29) is 16.7 Å². The van der Waals surface area contributed by atoms with Gasteiger partial charge >= 0.3 is 0 Å². The minimum Gasteiger partial charge on any atom is -0.507 e. The Morgan fingerprint density at radius 1 is 0.885 bits per heavy atom. The fraction of sp³-hybridized carbons (Fsp3) is 0.158. The number of fused-ring (bicyclic) bond motifs is 2. The van der Waals surface area contributed by atoms with Gasteiger partial charge in [0, 0.05) is 16.7 Å². The van der Waals surface area contributed by atoms with Crippen molar-refractivity contribution in [1.29, 1.82) is 0 Å². The highest BCUT2D eigenvalue weighted by atomic mass is 35.5. The fourth-order valence-corrected chi connectivity index (χ4v) is 3.55. The molecule has 0 unspecified atom stereocenters. The molecule has 2 N–H and O–H groups in total. The van der Waals surface area contributed by atoms with Crippen LogP contribution in [-0.2, 0) is 9.59 Å². The molecule has 0 heterocycles. The lowest BCUT2D eigenvalue weighted by Gasteiger charge is -2.24. The van der Waals surface area contributed by atoms with Crippen molar-refractivity contribution in [2.45, 2.75) is 19.8 Å². The molecule has 2 aromatic rings. The van der Waals surface area contributed by atoms with Crippen LogP contribution < -0.4 is 0 Å². The summed E-state index contributed by atoms with van der Waals surface area (Å²) in [7, 11) is 0. The van der Waals surface area contributed by atoms with E-state index in [0.717, 1.165) is 13.8 Å². The third-order valence-electron chi connectivity index (χ3n) is 4.40. The lowest BCUT2D eigenvalue weighted by atomic mass is 9.79. The summed E-state index contributed by atoms with van der Waals surface area (Å²) in [4.78, 5) is 49.3. The van der Waals surface area contributed by atoms with Gasteiger partial charge in [0.25, 0.3) is 0 Å². The second kappa shape index (κ2) is 6.07. The van der Waals surface area contributed by atoms with Crippen molar-refractivity contribution in [3.63, 3.8) is 0 Å². The number of ketones is 4. The van der Waals surface area contributed by atoms with Gasteiger partial charge in [-0.2, -0.15) is 0 Å². The highest BCUT2D eigenvalue weighted by molar-refractivity contribution is 6.38. The summed E-state index contributed by atoms with van der Waals surface area (Å²) in [6.07, 6.45) is 0. The van der Waals surface area contributed by atoms with Gasteiger partial charge < -0.3 is 10.2 Å². The molecule has 0 atom stereocenters. The van der Waals surface area contributed by atoms with Crippen molar-refractivity contribution >= 4 is 34.7 Å². The minimum atomic E-state index is -1.46. The number of carbonyl (C=O) groups is 4. The third kappa shape index (κ3) is 2.34. The van der Waals surface area contributed by atoms with E-state index in [1.165, 1.54) is 12.1 Å². The predicted molar refractivity (Wildman–Crippen MR) is 92.2 cm³/mol. The molecule has 0 amide bonds. The van der Waals surface area contributed by atoms with Gasteiger partial charge in [-0.25, -0.2) is 0 Å². The van der Waals surface area contributed by atoms with E-state index in [9.17, 15) is 29.4 Å². The number of halogens is 1. The van der Waals surface area contributed by atoms with Gasteiger partial charge in [-0.3, -0.25) is 19.2 Å². The highest BCUT2D eigenvalue weighted by Crippen LogP contribution is 2.48. The molecular formula is C19H13ClO6. The van der Waals surface area contributed by atoms with Crippen LogP contribution in [0.5, 0.6) is 11.5 Å². The number of benzene rings is 2. The fourth-order valence-electron chi connectivity index (χ4n) is 3.26. The summed E-state index contributed by atoms with van der Waals surface area (Å²) in [6, 6.07) is 5.95. The molecule has 0 aliphatic heterocycles. The van der Waals surface area contributed by atoms with Crippen LogP contribution >= 0.6 is 11.6 Å². The van der Waals surface area contributed by atoms with Gasteiger partial charge in [-0.15, -0.1) is 0 Å². The first kappa shape index (κ1) is 17.8. The van der Waals surface area contributed by atoms with Crippen molar-refractivity contribution in [2.24, 2.45) is 0 Å². The lowest BCUT2D eigenvalue weighted by molar-refractivity contribution is -0.126. The molecule has 1 aliphatic rings. The molecule has 0 fully saturated rings. The number of carbonyl (C=O) groups excluding carboxylic acids is 4. The number of hydrogen-bond donors (Lipinski definition) is 2. The average molecular weight is 373 g/mol. The van der Waals surface area contributed by atoms with E-state index in [1.807, 2.05) is 0 Å². The van der Waals surface area contributed by atoms with Gasteiger partial charge in [-0.1, -0.05) is 35.9 Å². The van der Waals surface area contributed by atoms with E-state index >= 15 is 0 Å². The van der Waals surface area contributed by atoms with Crippen molar-refractivity contribution in [3.8, 4) is 11.5 Å². The molecule has 2 aromatic carbocycles. The van der Waals surface area contributed by atoms with Crippen LogP contribution in [0.25, 0.3) is 0 Å². The molecule has 1 aliphatic carbocycles. The van der Waals surface area contributed by atoms with Crippen molar-refractivity contribution < 1.29 is 29.4 Å². The summed E-state index contributed by atoms with van der Waals surface area (Å²) >= 11 is 6.08. The molecule has 6 nitrogen and oxygen atoms in total. The third-order valence-corrected chi connectivity index (χ3v) is 4.78. The maximum absolute atomic E-state index is 12.8. The van der Waals surface area contributed by atoms with Crippen LogP contribution in [0.15, 0.2) is 24.3 Å². The Kier molecular flexibility index (Phi) is 4.16. The zero-order chi connectivity index (χ0) is 19.3. The molecule has 0 saturated heterocycles. The molecule has 0 spiro atoms. The average Bonchev–Trinajstić information content (AvgIpc) is 2.59. The monoisotopic (exact) mass is 372 g/mol. The number of aromatic hydroxyl groups is 2. The zero-order valence-electron chi connectivity index (χ0n) is 13.8.